The molecule has 2 aromatic carbocycles. The Bertz CT molecular complexity index is 826. The Balaban J connectivity index is 1.45. The highest BCUT2D eigenvalue weighted by Gasteiger charge is 2.09. The minimum Gasteiger partial charge on any atom is -0.448 e. The van der Waals surface area contributed by atoms with Crippen LogP contribution in [-0.2, 0) is 4.74 Å². The number of amides is 1. The molecular formula is C16H14ClN5O2S. The zero-order valence-corrected chi connectivity index (χ0v) is 14.6. The number of hydrogen-bond acceptors (Lipinski definition) is 6. The second-order valence-corrected chi connectivity index (χ2v) is 6.32. The number of nitrogens with zero attached hydrogens (tertiary/aromatic N) is 4. The number of thioether (sulfide) groups is 1. The van der Waals surface area contributed by atoms with Crippen molar-refractivity contribution in [2.75, 3.05) is 17.7 Å². The summed E-state index contributed by atoms with van der Waals surface area (Å²) in [6.45, 7) is 0.228. The van der Waals surface area contributed by atoms with E-state index in [9.17, 15) is 4.79 Å². The quantitative estimate of drug-likeness (QED) is 0.523. The monoisotopic (exact) mass is 375 g/mol. The highest BCUT2D eigenvalue weighted by molar-refractivity contribution is 7.99. The number of tetrazole rings is 1. The van der Waals surface area contributed by atoms with E-state index in [1.54, 1.807) is 28.9 Å². The zero-order chi connectivity index (χ0) is 17.5. The molecule has 0 spiro atoms. The normalized spacial score (nSPS) is 10.4. The van der Waals surface area contributed by atoms with Gasteiger partial charge in [0.1, 0.15) is 6.61 Å². The van der Waals surface area contributed by atoms with Crippen molar-refractivity contribution in [1.82, 2.24) is 20.2 Å². The maximum Gasteiger partial charge on any atom is 0.411 e. The lowest BCUT2D eigenvalue weighted by Crippen LogP contribution is -2.15. The Kier molecular flexibility index (Phi) is 5.86. The van der Waals surface area contributed by atoms with Crippen LogP contribution < -0.4 is 5.32 Å². The van der Waals surface area contributed by atoms with Crippen molar-refractivity contribution in [2.45, 2.75) is 5.16 Å². The number of ether oxygens (including phenoxy) is 1. The number of hydrogen-bond donors (Lipinski definition) is 1. The fourth-order valence-electron chi connectivity index (χ4n) is 1.95. The van der Waals surface area contributed by atoms with Gasteiger partial charge >= 0.3 is 6.09 Å². The summed E-state index contributed by atoms with van der Waals surface area (Å²) in [4.78, 5) is 11.7. The third-order valence-electron chi connectivity index (χ3n) is 3.08. The predicted molar refractivity (Wildman–Crippen MR) is 96.3 cm³/mol. The van der Waals surface area contributed by atoms with Crippen LogP contribution >= 0.6 is 23.4 Å². The molecule has 0 unspecified atom stereocenters. The standard InChI is InChI=1S/C16H14ClN5O2S/c17-12-6-8-13(9-7-12)18-16(23)24-10-11-25-15-19-20-21-22(15)14-4-2-1-3-5-14/h1-9H,10-11H2,(H,18,23). The van der Waals surface area contributed by atoms with E-state index in [1.165, 1.54) is 11.8 Å². The Morgan fingerprint density at radius 3 is 2.68 bits per heavy atom. The molecule has 1 heterocycles. The summed E-state index contributed by atoms with van der Waals surface area (Å²) in [6, 6.07) is 16.4. The molecule has 25 heavy (non-hydrogen) atoms. The molecule has 1 amide bonds. The van der Waals surface area contributed by atoms with E-state index in [1.807, 2.05) is 30.3 Å². The fourth-order valence-corrected chi connectivity index (χ4v) is 2.79. The van der Waals surface area contributed by atoms with Crippen molar-refractivity contribution < 1.29 is 9.53 Å². The predicted octanol–water partition coefficient (Wildman–Crippen LogP) is 3.66. The molecule has 0 aliphatic rings. The number of benzene rings is 2. The molecule has 1 aromatic heterocycles. The highest BCUT2D eigenvalue weighted by atomic mass is 35.5. The molecule has 0 bridgehead atoms. The second kappa shape index (κ2) is 8.50. The lowest BCUT2D eigenvalue weighted by molar-refractivity contribution is 0.169. The summed E-state index contributed by atoms with van der Waals surface area (Å²) in [5.41, 5.74) is 1.49. The van der Waals surface area contributed by atoms with Gasteiger partial charge < -0.3 is 4.74 Å². The van der Waals surface area contributed by atoms with Crippen LogP contribution in [-0.4, -0.2) is 38.7 Å². The van der Waals surface area contributed by atoms with Crippen molar-refractivity contribution in [2.24, 2.45) is 0 Å². The molecular weight excluding hydrogens is 362 g/mol. The summed E-state index contributed by atoms with van der Waals surface area (Å²) in [7, 11) is 0. The number of rotatable bonds is 6. The Labute approximate surface area is 153 Å². The number of anilines is 1. The minimum atomic E-state index is -0.523. The van der Waals surface area contributed by atoms with E-state index in [0.717, 1.165) is 5.69 Å². The minimum absolute atomic E-state index is 0.228. The third-order valence-corrected chi connectivity index (χ3v) is 4.22. The average Bonchev–Trinajstić information content (AvgIpc) is 3.10. The van der Waals surface area contributed by atoms with Gasteiger partial charge in [-0.25, -0.2) is 4.79 Å². The van der Waals surface area contributed by atoms with Crippen LogP contribution in [0.1, 0.15) is 0 Å². The van der Waals surface area contributed by atoms with Gasteiger partial charge in [-0.2, -0.15) is 4.68 Å². The topological polar surface area (TPSA) is 81.9 Å². The number of halogens is 1. The third kappa shape index (κ3) is 4.94. The summed E-state index contributed by atoms with van der Waals surface area (Å²) >= 11 is 7.19. The molecule has 3 aromatic rings. The van der Waals surface area contributed by atoms with Crippen LogP contribution in [0.3, 0.4) is 0 Å². The first-order chi connectivity index (χ1) is 12.2. The number of carbonyl (C=O) groups is 1. The summed E-state index contributed by atoms with van der Waals surface area (Å²) in [5.74, 6) is 0.529. The van der Waals surface area contributed by atoms with E-state index in [4.69, 9.17) is 16.3 Å². The van der Waals surface area contributed by atoms with Crippen molar-refractivity contribution >= 4 is 35.1 Å². The van der Waals surface area contributed by atoms with Gasteiger partial charge in [-0.3, -0.25) is 5.32 Å². The van der Waals surface area contributed by atoms with E-state index in [2.05, 4.69) is 20.8 Å². The van der Waals surface area contributed by atoms with Gasteiger partial charge in [0.2, 0.25) is 5.16 Å². The Morgan fingerprint density at radius 2 is 1.92 bits per heavy atom. The van der Waals surface area contributed by atoms with Crippen molar-refractivity contribution in [1.29, 1.82) is 0 Å². The van der Waals surface area contributed by atoms with Gasteiger partial charge in [0, 0.05) is 16.5 Å². The molecule has 3 rings (SSSR count). The molecule has 0 aliphatic heterocycles. The number of aromatic nitrogens is 4. The highest BCUT2D eigenvalue weighted by Crippen LogP contribution is 2.18. The van der Waals surface area contributed by atoms with Crippen LogP contribution in [0.4, 0.5) is 10.5 Å². The Hall–Kier alpha value is -2.58. The van der Waals surface area contributed by atoms with Gasteiger partial charge in [0.15, 0.2) is 0 Å². The Morgan fingerprint density at radius 1 is 1.16 bits per heavy atom. The summed E-state index contributed by atoms with van der Waals surface area (Å²) in [6.07, 6.45) is -0.523. The van der Waals surface area contributed by atoms with E-state index in [0.29, 0.717) is 21.6 Å². The first kappa shape index (κ1) is 17.2. The molecule has 0 atom stereocenters. The molecule has 9 heteroatoms. The van der Waals surface area contributed by atoms with Gasteiger partial charge in [-0.1, -0.05) is 41.6 Å². The number of nitrogens with one attached hydrogen (secondary N) is 1. The zero-order valence-electron chi connectivity index (χ0n) is 13.0. The molecule has 7 nitrogen and oxygen atoms in total. The van der Waals surface area contributed by atoms with Gasteiger partial charge in [-0.05, 0) is 46.8 Å². The first-order valence-electron chi connectivity index (χ1n) is 7.38. The molecule has 0 fully saturated rings. The van der Waals surface area contributed by atoms with Crippen molar-refractivity contribution in [3.8, 4) is 5.69 Å². The van der Waals surface area contributed by atoms with Gasteiger partial charge in [0.25, 0.3) is 0 Å². The fraction of sp³-hybridized carbons (Fsp3) is 0.125. The van der Waals surface area contributed by atoms with Crippen molar-refractivity contribution in [3.63, 3.8) is 0 Å². The summed E-state index contributed by atoms with van der Waals surface area (Å²) in [5, 5.41) is 15.5. The van der Waals surface area contributed by atoms with E-state index in [-0.39, 0.29) is 6.61 Å². The number of carbonyl (C=O) groups excluding carboxylic acids is 1. The first-order valence-corrected chi connectivity index (χ1v) is 8.75. The number of para-hydroxylation sites is 1. The maximum absolute atomic E-state index is 11.7. The van der Waals surface area contributed by atoms with Crippen LogP contribution in [0.5, 0.6) is 0 Å². The lowest BCUT2D eigenvalue weighted by Gasteiger charge is -2.07. The second-order valence-electron chi connectivity index (χ2n) is 4.83. The summed E-state index contributed by atoms with van der Waals surface area (Å²) < 4.78 is 6.78. The van der Waals surface area contributed by atoms with Crippen LogP contribution in [0.15, 0.2) is 59.8 Å². The molecule has 128 valence electrons. The molecule has 0 saturated carbocycles. The van der Waals surface area contributed by atoms with Crippen LogP contribution in [0.25, 0.3) is 5.69 Å². The molecule has 0 aliphatic carbocycles. The molecule has 0 saturated heterocycles. The van der Waals surface area contributed by atoms with Gasteiger partial charge in [-0.15, -0.1) is 5.10 Å². The van der Waals surface area contributed by atoms with Crippen LogP contribution in [0, 0.1) is 0 Å². The van der Waals surface area contributed by atoms with E-state index < -0.39 is 6.09 Å². The largest absolute Gasteiger partial charge is 0.448 e. The van der Waals surface area contributed by atoms with E-state index >= 15 is 0 Å². The van der Waals surface area contributed by atoms with Gasteiger partial charge in [0.05, 0.1) is 5.69 Å². The molecule has 0 radical (unpaired) electrons. The molecule has 1 N–H and O–H groups in total. The van der Waals surface area contributed by atoms with Crippen LogP contribution in [0.2, 0.25) is 5.02 Å². The lowest BCUT2D eigenvalue weighted by atomic mass is 10.3. The SMILES string of the molecule is O=C(Nc1ccc(Cl)cc1)OCCSc1nnnn1-c1ccccc1. The average molecular weight is 376 g/mol. The van der Waals surface area contributed by atoms with Crippen molar-refractivity contribution in [3.05, 3.63) is 59.6 Å². The maximum atomic E-state index is 11.7. The smallest absolute Gasteiger partial charge is 0.411 e.